The average Bonchev–Trinajstić information content (AvgIpc) is 2.72. The first-order valence-corrected chi connectivity index (χ1v) is 7.26. The number of pyridine rings is 1. The number of nitrogens with zero attached hydrogens (tertiary/aromatic N) is 2. The van der Waals surface area contributed by atoms with Crippen molar-refractivity contribution in [3.8, 4) is 6.07 Å². The summed E-state index contributed by atoms with van der Waals surface area (Å²) in [7, 11) is 0.707. The van der Waals surface area contributed by atoms with Crippen LogP contribution in [0.25, 0.3) is 0 Å². The van der Waals surface area contributed by atoms with Gasteiger partial charge in [-0.15, -0.1) is 0 Å². The molecule has 1 aliphatic rings. The van der Waals surface area contributed by atoms with E-state index in [1.54, 1.807) is 12.3 Å². The lowest BCUT2D eigenvalue weighted by molar-refractivity contribution is -0.138. The van der Waals surface area contributed by atoms with E-state index in [1.165, 1.54) is 7.11 Å². The van der Waals surface area contributed by atoms with Crippen molar-refractivity contribution >= 4 is 24.4 Å². The summed E-state index contributed by atoms with van der Waals surface area (Å²) in [4.78, 5) is 15.4. The highest BCUT2D eigenvalue weighted by Gasteiger charge is 2.51. The minimum Gasteiger partial charge on any atom is -0.468 e. The molecule has 1 aromatic rings. The maximum absolute atomic E-state index is 11.2. The summed E-state index contributed by atoms with van der Waals surface area (Å²) >= 11 is 0. The molecule has 7 nitrogen and oxygen atoms in total. The molecule has 0 atom stereocenters. The second kappa shape index (κ2) is 6.18. The van der Waals surface area contributed by atoms with Crippen molar-refractivity contribution in [3.63, 3.8) is 0 Å². The number of carbonyl (C=O) groups is 1. The first kappa shape index (κ1) is 17.3. The normalized spacial score (nSPS) is 18.3. The summed E-state index contributed by atoms with van der Waals surface area (Å²) in [6.07, 6.45) is 1.57. The summed E-state index contributed by atoms with van der Waals surface area (Å²) in [6.45, 7) is 7.76. The first-order valence-electron chi connectivity index (χ1n) is 7.26. The lowest BCUT2D eigenvalue weighted by Gasteiger charge is -2.32. The number of hydrogen-bond donors (Lipinski definition) is 1. The van der Waals surface area contributed by atoms with Gasteiger partial charge in [0.15, 0.2) is 0 Å². The number of methoxy groups -OCH3 is 1. The maximum atomic E-state index is 11.2. The Bertz CT molecular complexity index is 639. The molecule has 0 bridgehead atoms. The largest absolute Gasteiger partial charge is 0.496 e. The van der Waals surface area contributed by atoms with Gasteiger partial charge in [-0.1, -0.05) is 0 Å². The van der Waals surface area contributed by atoms with Gasteiger partial charge < -0.3 is 19.4 Å². The zero-order valence-corrected chi connectivity index (χ0v) is 14.0. The fourth-order valence-electron chi connectivity index (χ4n) is 2.04. The van der Waals surface area contributed by atoms with Gasteiger partial charge >= 0.3 is 13.1 Å². The van der Waals surface area contributed by atoms with Crippen LogP contribution in [0.5, 0.6) is 0 Å². The first-order chi connectivity index (χ1) is 10.7. The van der Waals surface area contributed by atoms with Gasteiger partial charge in [-0.2, -0.15) is 5.26 Å². The summed E-state index contributed by atoms with van der Waals surface area (Å²) in [5, 5.41) is 12.1. The Morgan fingerprint density at radius 3 is 2.52 bits per heavy atom. The summed E-state index contributed by atoms with van der Waals surface area (Å²) < 4.78 is 16.4. The van der Waals surface area contributed by atoms with Gasteiger partial charge in [0.2, 0.25) is 0 Å². The van der Waals surface area contributed by atoms with Crippen molar-refractivity contribution in [1.82, 2.24) is 4.98 Å². The number of ether oxygens (including phenoxy) is 1. The number of nitriles is 1. The third kappa shape index (κ3) is 3.46. The summed E-state index contributed by atoms with van der Waals surface area (Å²) in [5.74, 6) is -0.121. The van der Waals surface area contributed by atoms with E-state index in [9.17, 15) is 10.1 Å². The van der Waals surface area contributed by atoms with E-state index in [4.69, 9.17) is 9.31 Å². The predicted octanol–water partition coefficient (Wildman–Crippen LogP) is 0.837. The lowest BCUT2D eigenvalue weighted by atomic mass is 9.79. The molecule has 0 aliphatic carbocycles. The molecule has 1 fully saturated rings. The fourth-order valence-corrected chi connectivity index (χ4v) is 2.04. The third-order valence-electron chi connectivity index (χ3n) is 4.18. The van der Waals surface area contributed by atoms with E-state index in [-0.39, 0.29) is 6.54 Å². The van der Waals surface area contributed by atoms with Crippen LogP contribution in [0.1, 0.15) is 33.3 Å². The Balaban J connectivity index is 2.20. The Morgan fingerprint density at radius 1 is 1.39 bits per heavy atom. The van der Waals surface area contributed by atoms with Crippen LogP contribution in [0, 0.1) is 11.3 Å². The van der Waals surface area contributed by atoms with Crippen LogP contribution in [0.3, 0.4) is 0 Å². The van der Waals surface area contributed by atoms with Crippen molar-refractivity contribution < 1.29 is 18.8 Å². The van der Waals surface area contributed by atoms with Crippen LogP contribution in [0.2, 0.25) is 0 Å². The molecule has 0 saturated carbocycles. The van der Waals surface area contributed by atoms with Gasteiger partial charge in [-0.05, 0) is 33.8 Å². The summed E-state index contributed by atoms with van der Waals surface area (Å²) in [6, 6.07) is 3.70. The van der Waals surface area contributed by atoms with Gasteiger partial charge in [-0.25, -0.2) is 4.98 Å². The number of rotatable bonds is 4. The van der Waals surface area contributed by atoms with Crippen LogP contribution in [0.15, 0.2) is 12.3 Å². The molecule has 1 saturated heterocycles. The molecule has 8 heteroatoms. The van der Waals surface area contributed by atoms with Crippen molar-refractivity contribution in [2.45, 2.75) is 38.9 Å². The second-order valence-corrected chi connectivity index (χ2v) is 6.29. The maximum Gasteiger partial charge on any atom is 0.496 e. The molecule has 2 rings (SSSR count). The Morgan fingerprint density at radius 2 is 2.00 bits per heavy atom. The zero-order chi connectivity index (χ0) is 17.3. The predicted molar refractivity (Wildman–Crippen MR) is 85.2 cm³/mol. The van der Waals surface area contributed by atoms with Crippen molar-refractivity contribution in [2.75, 3.05) is 19.0 Å². The van der Waals surface area contributed by atoms with Gasteiger partial charge in [0.1, 0.15) is 18.4 Å². The molecule has 0 amide bonds. The lowest BCUT2D eigenvalue weighted by Crippen LogP contribution is -2.41. The number of nitrogens with one attached hydrogen (secondary N) is 1. The SMILES string of the molecule is COC(=O)CNc1ncc(B2OC(C)(C)C(C)(C)O2)cc1C#N. The van der Waals surface area contributed by atoms with Crippen LogP contribution >= 0.6 is 0 Å². The number of carbonyl (C=O) groups excluding carboxylic acids is 1. The van der Waals surface area contributed by atoms with E-state index in [0.29, 0.717) is 16.8 Å². The van der Waals surface area contributed by atoms with Gasteiger partial charge in [0.05, 0.1) is 23.9 Å². The molecule has 1 aliphatic heterocycles. The molecule has 122 valence electrons. The fraction of sp³-hybridized carbons (Fsp3) is 0.533. The third-order valence-corrected chi connectivity index (χ3v) is 4.18. The number of hydrogen-bond acceptors (Lipinski definition) is 7. The monoisotopic (exact) mass is 317 g/mol. The van der Waals surface area contributed by atoms with Gasteiger partial charge in [0.25, 0.3) is 0 Å². The molecular formula is C15H20BN3O4. The molecular weight excluding hydrogens is 297 g/mol. The van der Waals surface area contributed by atoms with Crippen molar-refractivity contribution in [1.29, 1.82) is 5.26 Å². The highest BCUT2D eigenvalue weighted by Crippen LogP contribution is 2.36. The topological polar surface area (TPSA) is 93.5 Å². The van der Waals surface area contributed by atoms with Crippen molar-refractivity contribution in [3.05, 3.63) is 17.8 Å². The highest BCUT2D eigenvalue weighted by molar-refractivity contribution is 6.62. The van der Waals surface area contributed by atoms with Crippen LogP contribution < -0.4 is 10.8 Å². The highest BCUT2D eigenvalue weighted by atomic mass is 16.7. The standard InChI is InChI=1S/C15H20BN3O4/c1-14(2)15(3,4)23-16(22-14)11-6-10(7-17)13(18-8-11)19-9-12(20)21-5/h6,8H,9H2,1-5H3,(H,18,19). The Labute approximate surface area is 136 Å². The van der Waals surface area contributed by atoms with E-state index >= 15 is 0 Å². The second-order valence-electron chi connectivity index (χ2n) is 6.29. The zero-order valence-electron chi connectivity index (χ0n) is 14.0. The van der Waals surface area contributed by atoms with E-state index < -0.39 is 24.3 Å². The Kier molecular flexibility index (Phi) is 4.64. The van der Waals surface area contributed by atoms with Crippen LogP contribution in [-0.4, -0.2) is 42.9 Å². The number of esters is 1. The van der Waals surface area contributed by atoms with Gasteiger partial charge in [-0.3, -0.25) is 4.79 Å². The molecule has 1 aromatic heterocycles. The molecule has 2 heterocycles. The Hall–Kier alpha value is -2.11. The van der Waals surface area contributed by atoms with E-state index in [1.807, 2.05) is 27.7 Å². The quantitative estimate of drug-likeness (QED) is 0.649. The van der Waals surface area contributed by atoms with Gasteiger partial charge in [0, 0.05) is 11.7 Å². The number of anilines is 1. The molecule has 0 radical (unpaired) electrons. The van der Waals surface area contributed by atoms with E-state index in [2.05, 4.69) is 21.1 Å². The number of aromatic nitrogens is 1. The molecule has 0 spiro atoms. The molecule has 0 unspecified atom stereocenters. The molecule has 1 N–H and O–H groups in total. The summed E-state index contributed by atoms with van der Waals surface area (Å²) in [5.41, 5.74) is 0.0309. The van der Waals surface area contributed by atoms with Crippen LogP contribution in [0.4, 0.5) is 5.82 Å². The molecule has 0 aromatic carbocycles. The average molecular weight is 317 g/mol. The van der Waals surface area contributed by atoms with Crippen molar-refractivity contribution in [2.24, 2.45) is 0 Å². The van der Waals surface area contributed by atoms with Crippen LogP contribution in [-0.2, 0) is 18.8 Å². The van der Waals surface area contributed by atoms with E-state index in [0.717, 1.165) is 0 Å². The minimum atomic E-state index is -0.589. The molecule has 23 heavy (non-hydrogen) atoms. The minimum absolute atomic E-state index is 0.0615. The smallest absolute Gasteiger partial charge is 0.468 e.